The summed E-state index contributed by atoms with van der Waals surface area (Å²) < 4.78 is 3.72. The van der Waals surface area contributed by atoms with Gasteiger partial charge in [-0.05, 0) is 19.1 Å². The first-order valence-corrected chi connectivity index (χ1v) is 9.55. The molecule has 4 heterocycles. The third kappa shape index (κ3) is 3.14. The third-order valence-electron chi connectivity index (χ3n) is 4.66. The predicted octanol–water partition coefficient (Wildman–Crippen LogP) is 1.15. The van der Waals surface area contributed by atoms with E-state index >= 15 is 0 Å². The summed E-state index contributed by atoms with van der Waals surface area (Å²) in [6.07, 6.45) is 4.74. The molecule has 0 aliphatic heterocycles. The van der Waals surface area contributed by atoms with Gasteiger partial charge in [-0.3, -0.25) is 18.7 Å². The average Bonchev–Trinajstić information content (AvgIpc) is 3.41. The van der Waals surface area contributed by atoms with Crippen molar-refractivity contribution < 1.29 is 4.79 Å². The maximum absolute atomic E-state index is 12.7. The van der Waals surface area contributed by atoms with Crippen LogP contribution in [0.4, 0.5) is 5.82 Å². The number of nitrogens with zero attached hydrogens (tertiary/aromatic N) is 6. The molecule has 10 nitrogen and oxygen atoms in total. The summed E-state index contributed by atoms with van der Waals surface area (Å²) in [5.41, 5.74) is 0.282. The van der Waals surface area contributed by atoms with Crippen molar-refractivity contribution in [2.75, 3.05) is 5.32 Å². The number of rotatable bonds is 4. The first kappa shape index (κ1) is 18.7. The lowest BCUT2D eigenvalue weighted by Gasteiger charge is -2.14. The lowest BCUT2D eigenvalue weighted by atomic mass is 10.2. The third-order valence-corrected chi connectivity index (χ3v) is 5.49. The average molecular weight is 411 g/mol. The van der Waals surface area contributed by atoms with Gasteiger partial charge in [0.2, 0.25) is 5.91 Å². The number of pyridine rings is 1. The van der Waals surface area contributed by atoms with Gasteiger partial charge < -0.3 is 9.88 Å². The maximum atomic E-state index is 12.7. The van der Waals surface area contributed by atoms with E-state index in [1.807, 2.05) is 11.4 Å². The molecular formula is C18H17N7O3S. The molecule has 148 valence electrons. The molecule has 0 aliphatic rings. The largest absolute Gasteiger partial charge is 0.332 e. The minimum Gasteiger partial charge on any atom is -0.312 e. The minimum atomic E-state index is -0.745. The van der Waals surface area contributed by atoms with Crippen LogP contribution in [-0.4, -0.2) is 34.6 Å². The van der Waals surface area contributed by atoms with Gasteiger partial charge in [-0.2, -0.15) is 0 Å². The van der Waals surface area contributed by atoms with Crippen LogP contribution in [0.5, 0.6) is 0 Å². The monoisotopic (exact) mass is 411 g/mol. The molecule has 0 aromatic carbocycles. The number of fused-ring (bicyclic) bond motifs is 1. The maximum Gasteiger partial charge on any atom is 0.332 e. The van der Waals surface area contributed by atoms with E-state index < -0.39 is 17.3 Å². The Balaban J connectivity index is 1.62. The number of imidazole rings is 1. The fourth-order valence-corrected chi connectivity index (χ4v) is 3.60. The van der Waals surface area contributed by atoms with Crippen molar-refractivity contribution in [1.29, 1.82) is 0 Å². The number of nitrogens with one attached hydrogen (secondary N) is 1. The van der Waals surface area contributed by atoms with E-state index in [0.29, 0.717) is 5.82 Å². The van der Waals surface area contributed by atoms with E-state index in [4.69, 9.17) is 0 Å². The van der Waals surface area contributed by atoms with Gasteiger partial charge in [0.25, 0.3) is 5.56 Å². The lowest BCUT2D eigenvalue weighted by Crippen LogP contribution is -2.38. The molecule has 0 bridgehead atoms. The molecule has 1 N–H and O–H groups in total. The Bertz CT molecular complexity index is 1320. The van der Waals surface area contributed by atoms with Gasteiger partial charge in [-0.25, -0.2) is 19.7 Å². The molecule has 0 aliphatic carbocycles. The van der Waals surface area contributed by atoms with Crippen LogP contribution in [0, 0.1) is 0 Å². The Hall–Kier alpha value is -3.60. The zero-order chi connectivity index (χ0) is 20.7. The fourth-order valence-electron chi connectivity index (χ4n) is 2.98. The van der Waals surface area contributed by atoms with Crippen molar-refractivity contribution in [3.63, 3.8) is 0 Å². The van der Waals surface area contributed by atoms with Crippen molar-refractivity contribution in [3.8, 4) is 10.6 Å². The first-order valence-electron chi connectivity index (χ1n) is 8.68. The second-order valence-corrected chi connectivity index (χ2v) is 7.36. The molecule has 0 saturated carbocycles. The summed E-state index contributed by atoms with van der Waals surface area (Å²) >= 11 is 1.50. The second kappa shape index (κ2) is 7.09. The Morgan fingerprint density at radius 2 is 1.93 bits per heavy atom. The number of aromatic nitrogens is 6. The van der Waals surface area contributed by atoms with E-state index in [1.165, 1.54) is 40.9 Å². The van der Waals surface area contributed by atoms with Gasteiger partial charge in [0.15, 0.2) is 11.2 Å². The van der Waals surface area contributed by atoms with Crippen LogP contribution in [0.15, 0.2) is 45.8 Å². The van der Waals surface area contributed by atoms with Crippen molar-refractivity contribution >= 4 is 34.2 Å². The van der Waals surface area contributed by atoms with Crippen LogP contribution in [0.3, 0.4) is 0 Å². The molecule has 4 rings (SSSR count). The Morgan fingerprint density at radius 1 is 1.14 bits per heavy atom. The van der Waals surface area contributed by atoms with Gasteiger partial charge in [0.05, 0.1) is 6.33 Å². The van der Waals surface area contributed by atoms with Gasteiger partial charge in [-0.15, -0.1) is 11.3 Å². The number of carbonyl (C=O) groups excluding carboxylic acids is 1. The minimum absolute atomic E-state index is 0.185. The van der Waals surface area contributed by atoms with Gasteiger partial charge in [0, 0.05) is 37.4 Å². The number of amides is 1. The summed E-state index contributed by atoms with van der Waals surface area (Å²) in [7, 11) is 2.92. The molecule has 1 atom stereocenters. The molecule has 11 heteroatoms. The molecule has 0 fully saturated rings. The van der Waals surface area contributed by atoms with E-state index in [2.05, 4.69) is 20.3 Å². The zero-order valence-electron chi connectivity index (χ0n) is 15.9. The highest BCUT2D eigenvalue weighted by Gasteiger charge is 2.22. The van der Waals surface area contributed by atoms with Crippen molar-refractivity contribution in [3.05, 3.63) is 57.1 Å². The number of aryl methyl sites for hydroxylation is 1. The van der Waals surface area contributed by atoms with Crippen molar-refractivity contribution in [2.45, 2.75) is 13.0 Å². The molecule has 0 unspecified atom stereocenters. The van der Waals surface area contributed by atoms with Crippen LogP contribution in [-0.2, 0) is 18.9 Å². The number of anilines is 1. The molecule has 0 radical (unpaired) electrons. The summed E-state index contributed by atoms with van der Waals surface area (Å²) in [6.45, 7) is 1.64. The summed E-state index contributed by atoms with van der Waals surface area (Å²) in [4.78, 5) is 50.0. The molecule has 1 amide bonds. The molecule has 0 saturated heterocycles. The highest BCUT2D eigenvalue weighted by Crippen LogP contribution is 2.22. The Morgan fingerprint density at radius 3 is 2.59 bits per heavy atom. The van der Waals surface area contributed by atoms with Gasteiger partial charge in [0.1, 0.15) is 16.9 Å². The van der Waals surface area contributed by atoms with Gasteiger partial charge in [-0.1, -0.05) is 0 Å². The summed E-state index contributed by atoms with van der Waals surface area (Å²) in [6, 6.07) is 2.77. The van der Waals surface area contributed by atoms with E-state index in [1.54, 1.807) is 25.4 Å². The standard InChI is InChI=1S/C18H17N7O3S/c1-10(25-9-21-14-13(25)17(27)24(3)18(28)23(14)2)15(26)22-12-5-4-11(8-20-12)16-19-6-7-29-16/h4-10H,1-3H3,(H,20,22,26)/t10-/m0/s1. The van der Waals surface area contributed by atoms with Crippen LogP contribution in [0.2, 0.25) is 0 Å². The normalized spacial score (nSPS) is 12.2. The predicted molar refractivity (Wildman–Crippen MR) is 109 cm³/mol. The zero-order valence-corrected chi connectivity index (χ0v) is 16.7. The lowest BCUT2D eigenvalue weighted by molar-refractivity contribution is -0.118. The van der Waals surface area contributed by atoms with E-state index in [-0.39, 0.29) is 17.1 Å². The number of hydrogen-bond acceptors (Lipinski definition) is 7. The number of carbonyl (C=O) groups is 1. The van der Waals surface area contributed by atoms with E-state index in [0.717, 1.165) is 15.1 Å². The van der Waals surface area contributed by atoms with Crippen molar-refractivity contribution in [2.24, 2.45) is 14.1 Å². The van der Waals surface area contributed by atoms with E-state index in [9.17, 15) is 14.4 Å². The topological polar surface area (TPSA) is 117 Å². The summed E-state index contributed by atoms with van der Waals surface area (Å²) in [5, 5.41) is 5.45. The van der Waals surface area contributed by atoms with Gasteiger partial charge >= 0.3 is 5.69 Å². The van der Waals surface area contributed by atoms with Crippen LogP contribution in [0.1, 0.15) is 13.0 Å². The molecule has 29 heavy (non-hydrogen) atoms. The smallest absolute Gasteiger partial charge is 0.312 e. The highest BCUT2D eigenvalue weighted by atomic mass is 32.1. The van der Waals surface area contributed by atoms with Crippen LogP contribution < -0.4 is 16.6 Å². The molecule has 0 spiro atoms. The fraction of sp³-hybridized carbons (Fsp3) is 0.222. The molecular weight excluding hydrogens is 394 g/mol. The highest BCUT2D eigenvalue weighted by molar-refractivity contribution is 7.13. The molecule has 4 aromatic rings. The Labute approximate surface area is 168 Å². The number of thiazole rings is 1. The molecule has 4 aromatic heterocycles. The van der Waals surface area contributed by atoms with Crippen LogP contribution >= 0.6 is 11.3 Å². The SMILES string of the molecule is C[C@@H](C(=O)Nc1ccc(-c2nccs2)cn1)n1cnc2c1c(=O)n(C)c(=O)n2C. The first-order chi connectivity index (χ1) is 13.9. The van der Waals surface area contributed by atoms with Crippen LogP contribution in [0.25, 0.3) is 21.7 Å². The number of hydrogen-bond donors (Lipinski definition) is 1. The summed E-state index contributed by atoms with van der Waals surface area (Å²) in [5.74, 6) is 0.0154. The Kier molecular flexibility index (Phi) is 4.59. The van der Waals surface area contributed by atoms with Crippen molar-refractivity contribution in [1.82, 2.24) is 28.7 Å². The second-order valence-electron chi connectivity index (χ2n) is 6.46. The quantitative estimate of drug-likeness (QED) is 0.538.